The van der Waals surface area contributed by atoms with Crippen LogP contribution in [0, 0.1) is 18.2 Å². The summed E-state index contributed by atoms with van der Waals surface area (Å²) in [5.41, 5.74) is 2.39. The third-order valence-corrected chi connectivity index (χ3v) is 5.44. The molecule has 1 N–H and O–H groups in total. The number of piperidine rings is 1. The summed E-state index contributed by atoms with van der Waals surface area (Å²) in [5.74, 6) is -0.303. The van der Waals surface area contributed by atoms with Gasteiger partial charge in [-0.15, -0.1) is 0 Å². The lowest BCUT2D eigenvalue weighted by molar-refractivity contribution is -0.140. The van der Waals surface area contributed by atoms with Crippen LogP contribution in [0.3, 0.4) is 0 Å². The van der Waals surface area contributed by atoms with E-state index in [0.29, 0.717) is 26.1 Å². The molecule has 0 bridgehead atoms. The van der Waals surface area contributed by atoms with Gasteiger partial charge in [0.2, 0.25) is 11.8 Å². The van der Waals surface area contributed by atoms with Crippen LogP contribution in [0.15, 0.2) is 48.5 Å². The minimum Gasteiger partial charge on any atom is -0.351 e. The molecular formula is C23H27FN2O2. The van der Waals surface area contributed by atoms with E-state index in [1.54, 1.807) is 17.0 Å². The number of rotatable bonds is 5. The Morgan fingerprint density at radius 2 is 1.71 bits per heavy atom. The maximum atomic E-state index is 13.0. The molecule has 0 spiro atoms. The summed E-state index contributed by atoms with van der Waals surface area (Å²) in [7, 11) is 0. The summed E-state index contributed by atoms with van der Waals surface area (Å²) in [5, 5.41) is 2.94. The topological polar surface area (TPSA) is 49.4 Å². The van der Waals surface area contributed by atoms with Crippen LogP contribution in [0.1, 0.15) is 36.5 Å². The molecule has 148 valence electrons. The Kier molecular flexibility index (Phi) is 6.12. The molecule has 0 radical (unpaired) electrons. The molecule has 0 saturated carbocycles. The quantitative estimate of drug-likeness (QED) is 0.859. The van der Waals surface area contributed by atoms with E-state index in [9.17, 15) is 14.0 Å². The first-order valence-corrected chi connectivity index (χ1v) is 9.72. The molecule has 1 aliphatic rings. The van der Waals surface area contributed by atoms with Gasteiger partial charge in [-0.05, 0) is 49.9 Å². The number of carbonyl (C=O) groups excluding carboxylic acids is 2. The summed E-state index contributed by atoms with van der Waals surface area (Å²) >= 11 is 0. The number of carbonyl (C=O) groups is 2. The molecule has 1 heterocycles. The largest absolute Gasteiger partial charge is 0.351 e. The van der Waals surface area contributed by atoms with Crippen molar-refractivity contribution in [2.75, 3.05) is 13.1 Å². The highest BCUT2D eigenvalue weighted by Crippen LogP contribution is 2.30. The maximum absolute atomic E-state index is 13.0. The number of hydrogen-bond acceptors (Lipinski definition) is 2. The summed E-state index contributed by atoms with van der Waals surface area (Å²) in [6.45, 7) is 5.40. The minimum absolute atomic E-state index is 0.0566. The van der Waals surface area contributed by atoms with Crippen molar-refractivity contribution in [1.29, 1.82) is 0 Å². The fourth-order valence-electron chi connectivity index (χ4n) is 3.63. The van der Waals surface area contributed by atoms with Crippen molar-refractivity contribution in [2.24, 2.45) is 5.41 Å². The molecule has 0 aliphatic carbocycles. The Morgan fingerprint density at radius 3 is 2.39 bits per heavy atom. The number of likely N-dealkylation sites (tertiary alicyclic amines) is 1. The van der Waals surface area contributed by atoms with Gasteiger partial charge in [-0.3, -0.25) is 9.59 Å². The molecule has 1 fully saturated rings. The second kappa shape index (κ2) is 8.55. The molecule has 2 aromatic rings. The van der Waals surface area contributed by atoms with Gasteiger partial charge in [0, 0.05) is 19.6 Å². The van der Waals surface area contributed by atoms with Gasteiger partial charge < -0.3 is 10.2 Å². The van der Waals surface area contributed by atoms with Crippen LogP contribution in [0.5, 0.6) is 0 Å². The molecule has 2 amide bonds. The van der Waals surface area contributed by atoms with E-state index in [-0.39, 0.29) is 17.6 Å². The minimum atomic E-state index is -0.610. The molecule has 28 heavy (non-hydrogen) atoms. The van der Waals surface area contributed by atoms with E-state index < -0.39 is 5.41 Å². The Hall–Kier alpha value is -2.69. The zero-order chi connectivity index (χ0) is 20.1. The second-order valence-corrected chi connectivity index (χ2v) is 7.95. The van der Waals surface area contributed by atoms with Crippen LogP contribution in [0.4, 0.5) is 4.39 Å². The van der Waals surface area contributed by atoms with Crippen LogP contribution in [-0.4, -0.2) is 29.8 Å². The number of hydrogen-bond donors (Lipinski definition) is 1. The number of nitrogens with zero attached hydrogens (tertiary/aromatic N) is 1. The molecule has 3 rings (SSSR count). The predicted octanol–water partition coefficient (Wildman–Crippen LogP) is 3.62. The van der Waals surface area contributed by atoms with Gasteiger partial charge >= 0.3 is 0 Å². The van der Waals surface area contributed by atoms with Crippen LogP contribution >= 0.6 is 0 Å². The van der Waals surface area contributed by atoms with E-state index in [0.717, 1.165) is 24.0 Å². The standard InChI is InChI=1S/C23H27FN2O2/c1-17-4-6-18(7-5-17)14-21(27)26-13-3-12-23(2,16-26)22(28)25-15-19-8-10-20(24)11-9-19/h4-11H,3,12-16H2,1-2H3,(H,25,28). The number of amides is 2. The summed E-state index contributed by atoms with van der Waals surface area (Å²) in [4.78, 5) is 27.3. The lowest BCUT2D eigenvalue weighted by Crippen LogP contribution is -2.52. The molecular weight excluding hydrogens is 355 g/mol. The van der Waals surface area contributed by atoms with E-state index in [2.05, 4.69) is 5.32 Å². The summed E-state index contributed by atoms with van der Waals surface area (Å²) in [6.07, 6.45) is 1.91. The third-order valence-electron chi connectivity index (χ3n) is 5.44. The van der Waals surface area contributed by atoms with Crippen LogP contribution in [-0.2, 0) is 22.6 Å². The highest BCUT2D eigenvalue weighted by atomic mass is 19.1. The van der Waals surface area contributed by atoms with Gasteiger partial charge in [0.05, 0.1) is 11.8 Å². The van der Waals surface area contributed by atoms with Gasteiger partial charge in [-0.2, -0.15) is 0 Å². The zero-order valence-corrected chi connectivity index (χ0v) is 16.5. The highest BCUT2D eigenvalue weighted by Gasteiger charge is 2.39. The van der Waals surface area contributed by atoms with Crippen LogP contribution < -0.4 is 5.32 Å². The summed E-state index contributed by atoms with van der Waals surface area (Å²) in [6, 6.07) is 14.1. The van der Waals surface area contributed by atoms with Gasteiger partial charge in [0.1, 0.15) is 5.82 Å². The molecule has 1 unspecified atom stereocenters. The van der Waals surface area contributed by atoms with Crippen molar-refractivity contribution < 1.29 is 14.0 Å². The Morgan fingerprint density at radius 1 is 1.07 bits per heavy atom. The second-order valence-electron chi connectivity index (χ2n) is 7.95. The Balaban J connectivity index is 1.58. The van der Waals surface area contributed by atoms with Gasteiger partial charge in [-0.1, -0.05) is 42.0 Å². The highest BCUT2D eigenvalue weighted by molar-refractivity contribution is 5.84. The first-order valence-electron chi connectivity index (χ1n) is 9.72. The number of nitrogens with one attached hydrogen (secondary N) is 1. The number of aryl methyl sites for hydroxylation is 1. The monoisotopic (exact) mass is 382 g/mol. The number of benzene rings is 2. The van der Waals surface area contributed by atoms with Crippen molar-refractivity contribution in [3.05, 3.63) is 71.0 Å². The lowest BCUT2D eigenvalue weighted by Gasteiger charge is -2.39. The fraction of sp³-hybridized carbons (Fsp3) is 0.391. The van der Waals surface area contributed by atoms with Gasteiger partial charge in [0.25, 0.3) is 0 Å². The van der Waals surface area contributed by atoms with Gasteiger partial charge in [0.15, 0.2) is 0 Å². The Labute approximate surface area is 165 Å². The van der Waals surface area contributed by atoms with E-state index in [1.165, 1.54) is 17.7 Å². The first-order chi connectivity index (χ1) is 13.4. The van der Waals surface area contributed by atoms with Crippen molar-refractivity contribution in [3.63, 3.8) is 0 Å². The fourth-order valence-corrected chi connectivity index (χ4v) is 3.63. The smallest absolute Gasteiger partial charge is 0.227 e. The van der Waals surface area contributed by atoms with E-state index >= 15 is 0 Å². The van der Waals surface area contributed by atoms with Crippen LogP contribution in [0.25, 0.3) is 0 Å². The predicted molar refractivity (Wildman–Crippen MR) is 107 cm³/mol. The van der Waals surface area contributed by atoms with E-state index in [1.807, 2.05) is 38.1 Å². The van der Waals surface area contributed by atoms with Crippen molar-refractivity contribution in [2.45, 2.75) is 39.7 Å². The molecule has 0 aromatic heterocycles. The van der Waals surface area contributed by atoms with Crippen molar-refractivity contribution >= 4 is 11.8 Å². The molecule has 1 saturated heterocycles. The normalized spacial score (nSPS) is 19.3. The number of halogens is 1. The van der Waals surface area contributed by atoms with Crippen molar-refractivity contribution in [1.82, 2.24) is 10.2 Å². The SMILES string of the molecule is Cc1ccc(CC(=O)N2CCCC(C)(C(=O)NCc3ccc(F)cc3)C2)cc1. The molecule has 5 heteroatoms. The lowest BCUT2D eigenvalue weighted by atomic mass is 9.80. The average molecular weight is 382 g/mol. The summed E-state index contributed by atoms with van der Waals surface area (Å²) < 4.78 is 13.0. The average Bonchev–Trinajstić information content (AvgIpc) is 2.69. The van der Waals surface area contributed by atoms with Crippen LogP contribution in [0.2, 0.25) is 0 Å². The Bertz CT molecular complexity index is 833. The molecule has 4 nitrogen and oxygen atoms in total. The zero-order valence-electron chi connectivity index (χ0n) is 16.5. The van der Waals surface area contributed by atoms with Crippen molar-refractivity contribution in [3.8, 4) is 0 Å². The van der Waals surface area contributed by atoms with Gasteiger partial charge in [-0.25, -0.2) is 4.39 Å². The first kappa shape index (κ1) is 20.1. The molecule has 2 aromatic carbocycles. The molecule has 1 atom stereocenters. The third kappa shape index (κ3) is 4.97. The van der Waals surface area contributed by atoms with E-state index in [4.69, 9.17) is 0 Å². The molecule has 1 aliphatic heterocycles. The maximum Gasteiger partial charge on any atom is 0.227 e.